The molecule has 0 saturated heterocycles. The number of nitrogen functional groups attached to an aromatic ring is 1. The van der Waals surface area contributed by atoms with Gasteiger partial charge >= 0.3 is 0 Å². The third-order valence-electron chi connectivity index (χ3n) is 2.30. The lowest BCUT2D eigenvalue weighted by Crippen LogP contribution is -2.10. The van der Waals surface area contributed by atoms with Crippen LogP contribution >= 0.6 is 0 Å². The molecule has 2 aromatic rings. The lowest BCUT2D eigenvalue weighted by Gasteiger charge is -2.02. The fourth-order valence-corrected chi connectivity index (χ4v) is 1.33. The van der Waals surface area contributed by atoms with Crippen molar-refractivity contribution in [2.24, 2.45) is 12.9 Å². The van der Waals surface area contributed by atoms with Crippen LogP contribution < -0.4 is 11.3 Å². The monoisotopic (exact) mass is 204 g/mol. The van der Waals surface area contributed by atoms with Gasteiger partial charge in [-0.2, -0.15) is 5.10 Å². The minimum Gasteiger partial charge on any atom is -0.292 e. The molecule has 0 atom stereocenters. The van der Waals surface area contributed by atoms with Gasteiger partial charge in [-0.05, 0) is 13.0 Å². The molecule has 2 aromatic heterocycles. The molecule has 78 valence electrons. The van der Waals surface area contributed by atoms with E-state index in [0.717, 1.165) is 17.0 Å². The van der Waals surface area contributed by atoms with Crippen LogP contribution in [0.4, 0.5) is 5.95 Å². The molecule has 0 aromatic carbocycles. The highest BCUT2D eigenvalue weighted by Gasteiger charge is 2.08. The molecule has 0 radical (unpaired) electrons. The van der Waals surface area contributed by atoms with Gasteiger partial charge in [0.1, 0.15) is 0 Å². The molecule has 0 unspecified atom stereocenters. The summed E-state index contributed by atoms with van der Waals surface area (Å²) in [6.07, 6.45) is 3.43. The van der Waals surface area contributed by atoms with Crippen LogP contribution in [0.1, 0.15) is 5.69 Å². The molecule has 0 amide bonds. The van der Waals surface area contributed by atoms with E-state index in [-0.39, 0.29) is 0 Å². The van der Waals surface area contributed by atoms with E-state index >= 15 is 0 Å². The summed E-state index contributed by atoms with van der Waals surface area (Å²) in [5, 5.41) is 4.15. The number of hydrogen-bond donors (Lipinski definition) is 2. The number of nitrogens with zero attached hydrogens (tertiary/aromatic N) is 4. The summed E-state index contributed by atoms with van der Waals surface area (Å²) in [6, 6.07) is 1.82. The molecule has 2 heterocycles. The van der Waals surface area contributed by atoms with E-state index in [0.29, 0.717) is 5.95 Å². The Labute approximate surface area is 87.1 Å². The molecule has 0 fully saturated rings. The number of aryl methyl sites for hydroxylation is 1. The van der Waals surface area contributed by atoms with E-state index in [9.17, 15) is 0 Å². The van der Waals surface area contributed by atoms with Crippen molar-refractivity contribution in [1.82, 2.24) is 19.7 Å². The molecule has 0 spiro atoms. The first-order valence-corrected chi connectivity index (χ1v) is 4.51. The van der Waals surface area contributed by atoms with E-state index in [1.807, 2.05) is 20.0 Å². The number of hydrogen-bond acceptors (Lipinski definition) is 5. The minimum atomic E-state index is 0.399. The predicted molar refractivity (Wildman–Crippen MR) is 56.8 cm³/mol. The summed E-state index contributed by atoms with van der Waals surface area (Å²) in [7, 11) is 1.89. The van der Waals surface area contributed by atoms with Gasteiger partial charge in [0.2, 0.25) is 5.95 Å². The Kier molecular flexibility index (Phi) is 2.34. The molecular formula is C9H12N6. The maximum absolute atomic E-state index is 5.24. The Hall–Kier alpha value is -1.95. The van der Waals surface area contributed by atoms with Gasteiger partial charge in [-0.25, -0.2) is 15.8 Å². The topological polar surface area (TPSA) is 81.7 Å². The van der Waals surface area contributed by atoms with E-state index in [4.69, 9.17) is 5.84 Å². The Morgan fingerprint density at radius 3 is 2.87 bits per heavy atom. The van der Waals surface area contributed by atoms with Crippen molar-refractivity contribution in [3.05, 3.63) is 24.2 Å². The average Bonchev–Trinajstić information content (AvgIpc) is 2.60. The molecule has 6 nitrogen and oxygen atoms in total. The summed E-state index contributed by atoms with van der Waals surface area (Å²) in [4.78, 5) is 8.18. The molecular weight excluding hydrogens is 192 g/mol. The highest BCUT2D eigenvalue weighted by atomic mass is 15.3. The minimum absolute atomic E-state index is 0.399. The van der Waals surface area contributed by atoms with Crippen molar-refractivity contribution in [2.45, 2.75) is 6.92 Å². The van der Waals surface area contributed by atoms with Crippen molar-refractivity contribution in [1.29, 1.82) is 0 Å². The van der Waals surface area contributed by atoms with Gasteiger partial charge in [-0.1, -0.05) is 0 Å². The maximum atomic E-state index is 5.24. The predicted octanol–water partition coefficient (Wildman–Crippen LogP) is 0.471. The van der Waals surface area contributed by atoms with E-state index in [2.05, 4.69) is 20.5 Å². The first kappa shape index (κ1) is 9.60. The van der Waals surface area contributed by atoms with Crippen LogP contribution in [0.3, 0.4) is 0 Å². The van der Waals surface area contributed by atoms with Crippen molar-refractivity contribution < 1.29 is 0 Å². The largest absolute Gasteiger partial charge is 0.292 e. The first-order chi connectivity index (χ1) is 7.22. The molecule has 15 heavy (non-hydrogen) atoms. The Morgan fingerprint density at radius 2 is 2.27 bits per heavy atom. The molecule has 0 aliphatic heterocycles. The number of nitrogens with two attached hydrogens (primary N) is 1. The molecule has 0 bridgehead atoms. The second-order valence-corrected chi connectivity index (χ2v) is 3.18. The zero-order valence-electron chi connectivity index (χ0n) is 8.60. The van der Waals surface area contributed by atoms with E-state index in [1.54, 1.807) is 17.1 Å². The van der Waals surface area contributed by atoms with Gasteiger partial charge in [-0.3, -0.25) is 10.1 Å². The molecule has 0 saturated carbocycles. The van der Waals surface area contributed by atoms with Crippen LogP contribution in [-0.4, -0.2) is 19.7 Å². The summed E-state index contributed by atoms with van der Waals surface area (Å²) >= 11 is 0. The number of rotatable bonds is 2. The quantitative estimate of drug-likeness (QED) is 0.549. The molecule has 0 aliphatic rings. The second-order valence-electron chi connectivity index (χ2n) is 3.18. The van der Waals surface area contributed by atoms with E-state index < -0.39 is 0 Å². The van der Waals surface area contributed by atoms with Crippen LogP contribution in [0.5, 0.6) is 0 Å². The molecule has 3 N–H and O–H groups in total. The Morgan fingerprint density at radius 1 is 1.47 bits per heavy atom. The van der Waals surface area contributed by atoms with Gasteiger partial charge in [-0.15, -0.1) is 0 Å². The number of hydrazine groups is 1. The van der Waals surface area contributed by atoms with Gasteiger partial charge < -0.3 is 0 Å². The van der Waals surface area contributed by atoms with Crippen LogP contribution in [-0.2, 0) is 7.05 Å². The Bertz CT molecular complexity index is 475. The summed E-state index contributed by atoms with van der Waals surface area (Å²) in [6.45, 7) is 1.99. The zero-order chi connectivity index (χ0) is 10.8. The SMILES string of the molecule is Cc1c(-c2ccnc(NN)n2)cnn1C. The zero-order valence-corrected chi connectivity index (χ0v) is 8.60. The van der Waals surface area contributed by atoms with Crippen LogP contribution in [0, 0.1) is 6.92 Å². The highest BCUT2D eigenvalue weighted by Crippen LogP contribution is 2.20. The fraction of sp³-hybridized carbons (Fsp3) is 0.222. The van der Waals surface area contributed by atoms with Gasteiger partial charge in [0, 0.05) is 24.5 Å². The second kappa shape index (κ2) is 3.66. The van der Waals surface area contributed by atoms with Crippen LogP contribution in [0.25, 0.3) is 11.3 Å². The summed E-state index contributed by atoms with van der Waals surface area (Å²) < 4.78 is 1.80. The smallest absolute Gasteiger partial charge is 0.237 e. The van der Waals surface area contributed by atoms with Gasteiger partial charge in [0.05, 0.1) is 11.9 Å². The lowest BCUT2D eigenvalue weighted by molar-refractivity contribution is 0.740. The number of anilines is 1. The van der Waals surface area contributed by atoms with Crippen molar-refractivity contribution >= 4 is 5.95 Å². The third-order valence-corrected chi connectivity index (χ3v) is 2.30. The van der Waals surface area contributed by atoms with E-state index in [1.165, 1.54) is 0 Å². The van der Waals surface area contributed by atoms with Gasteiger partial charge in [0.15, 0.2) is 0 Å². The lowest BCUT2D eigenvalue weighted by atomic mass is 10.2. The first-order valence-electron chi connectivity index (χ1n) is 4.51. The summed E-state index contributed by atoms with van der Waals surface area (Å²) in [5.41, 5.74) is 5.26. The standard InChI is InChI=1S/C9H12N6/c1-6-7(5-12-15(6)2)8-3-4-11-9(13-8)14-10/h3-5H,10H2,1-2H3,(H,11,13,14). The van der Waals surface area contributed by atoms with Crippen molar-refractivity contribution in [3.63, 3.8) is 0 Å². The molecule has 6 heteroatoms. The highest BCUT2D eigenvalue weighted by molar-refractivity contribution is 5.61. The normalized spacial score (nSPS) is 10.3. The maximum Gasteiger partial charge on any atom is 0.237 e. The number of nitrogens with one attached hydrogen (secondary N) is 1. The Balaban J connectivity index is 2.49. The van der Waals surface area contributed by atoms with Crippen molar-refractivity contribution in [3.8, 4) is 11.3 Å². The average molecular weight is 204 g/mol. The summed E-state index contributed by atoms with van der Waals surface area (Å²) in [5.74, 6) is 5.64. The molecule has 0 aliphatic carbocycles. The molecule has 2 rings (SSSR count). The van der Waals surface area contributed by atoms with Crippen molar-refractivity contribution in [2.75, 3.05) is 5.43 Å². The van der Waals surface area contributed by atoms with Crippen LogP contribution in [0.15, 0.2) is 18.5 Å². The van der Waals surface area contributed by atoms with Crippen LogP contribution in [0.2, 0.25) is 0 Å². The van der Waals surface area contributed by atoms with Gasteiger partial charge in [0.25, 0.3) is 0 Å². The fourth-order valence-electron chi connectivity index (χ4n) is 1.33. The third kappa shape index (κ3) is 1.66. The number of aromatic nitrogens is 4.